The van der Waals surface area contributed by atoms with E-state index in [1.807, 2.05) is 0 Å². The summed E-state index contributed by atoms with van der Waals surface area (Å²) in [6, 6.07) is 1.22. The molecule has 1 amide bonds. The van der Waals surface area contributed by atoms with Crippen molar-refractivity contribution in [1.82, 2.24) is 25.3 Å². The maximum absolute atomic E-state index is 12.5. The van der Waals surface area contributed by atoms with Crippen LogP contribution in [-0.4, -0.2) is 32.1 Å². The number of aromatic nitrogens is 4. The Labute approximate surface area is 130 Å². The number of hydrogen-bond acceptors (Lipinski definition) is 3. The van der Waals surface area contributed by atoms with Gasteiger partial charge in [0.25, 0.3) is 5.91 Å². The molecule has 1 atom stereocenters. The van der Waals surface area contributed by atoms with E-state index in [-0.39, 0.29) is 11.6 Å². The van der Waals surface area contributed by atoms with E-state index in [9.17, 15) is 18.0 Å². The zero-order chi connectivity index (χ0) is 16.6. The smallest absolute Gasteiger partial charge is 0.342 e. The number of amides is 1. The third-order valence-electron chi connectivity index (χ3n) is 3.72. The molecule has 124 valence electrons. The molecule has 2 aromatic rings. The number of carbonyl (C=O) groups excluding carboxylic acids is 1. The number of carbonyl (C=O) groups is 1. The Morgan fingerprint density at radius 2 is 2.30 bits per heavy atom. The summed E-state index contributed by atoms with van der Waals surface area (Å²) in [6.45, 7) is 0.653. The predicted molar refractivity (Wildman–Crippen MR) is 74.8 cm³/mol. The van der Waals surface area contributed by atoms with Gasteiger partial charge in [-0.2, -0.15) is 23.4 Å². The fourth-order valence-electron chi connectivity index (χ4n) is 2.77. The number of aryl methyl sites for hydroxylation is 2. The van der Waals surface area contributed by atoms with E-state index in [2.05, 4.69) is 20.6 Å². The highest BCUT2D eigenvalue weighted by Gasteiger charge is 2.31. The first-order chi connectivity index (χ1) is 10.8. The molecule has 2 aromatic heterocycles. The van der Waals surface area contributed by atoms with Crippen LogP contribution in [0.4, 0.5) is 13.2 Å². The number of fused-ring (bicyclic) bond motifs is 1. The molecule has 2 heterocycles. The largest absolute Gasteiger partial charge is 0.408 e. The first kappa shape index (κ1) is 15.6. The maximum atomic E-state index is 12.5. The Morgan fingerprint density at radius 1 is 1.52 bits per heavy atom. The fraction of sp³-hybridized carbons (Fsp3) is 0.500. The molecular formula is C14H16F3N5O. The van der Waals surface area contributed by atoms with Gasteiger partial charge in [0.05, 0.1) is 11.7 Å². The highest BCUT2D eigenvalue weighted by molar-refractivity contribution is 5.92. The van der Waals surface area contributed by atoms with E-state index in [4.69, 9.17) is 0 Å². The summed E-state index contributed by atoms with van der Waals surface area (Å²) < 4.78 is 38.4. The first-order valence-corrected chi connectivity index (χ1v) is 7.28. The zero-order valence-electron chi connectivity index (χ0n) is 12.4. The second-order valence-electron chi connectivity index (χ2n) is 5.71. The third kappa shape index (κ3) is 3.54. The van der Waals surface area contributed by atoms with Crippen molar-refractivity contribution in [2.45, 2.75) is 44.9 Å². The van der Waals surface area contributed by atoms with E-state index >= 15 is 0 Å². The highest BCUT2D eigenvalue weighted by Crippen LogP contribution is 2.29. The molecule has 2 N–H and O–H groups in total. The van der Waals surface area contributed by atoms with E-state index in [0.717, 1.165) is 22.4 Å². The molecule has 0 bridgehead atoms. The zero-order valence-corrected chi connectivity index (χ0v) is 12.4. The molecular weight excluding hydrogens is 311 g/mol. The third-order valence-corrected chi connectivity index (χ3v) is 3.72. The standard InChI is InChI=1S/C14H16F3N5O/c1-8-5-11(20-19-8)13(23)18-10-4-2-3-9-6-22(21-12(9)10)7-14(15,16)17/h5-6,10H,2-4,7H2,1H3,(H,18,23)(H,19,20)/t10-/m1/s1. The molecule has 6 nitrogen and oxygen atoms in total. The summed E-state index contributed by atoms with van der Waals surface area (Å²) >= 11 is 0. The van der Waals surface area contributed by atoms with E-state index in [1.165, 1.54) is 6.20 Å². The van der Waals surface area contributed by atoms with Gasteiger partial charge in [0.15, 0.2) is 0 Å². The molecule has 0 fully saturated rings. The number of rotatable bonds is 3. The highest BCUT2D eigenvalue weighted by atomic mass is 19.4. The maximum Gasteiger partial charge on any atom is 0.408 e. The van der Waals surface area contributed by atoms with Crippen molar-refractivity contribution in [3.8, 4) is 0 Å². The average Bonchev–Trinajstić information content (AvgIpc) is 3.03. The lowest BCUT2D eigenvalue weighted by molar-refractivity contribution is -0.142. The Morgan fingerprint density at radius 3 is 2.96 bits per heavy atom. The van der Waals surface area contributed by atoms with Crippen molar-refractivity contribution in [3.63, 3.8) is 0 Å². The number of H-pyrrole nitrogens is 1. The summed E-state index contributed by atoms with van der Waals surface area (Å²) in [5, 5.41) is 13.4. The molecule has 0 unspecified atom stereocenters. The van der Waals surface area contributed by atoms with Crippen LogP contribution in [0.2, 0.25) is 0 Å². The monoisotopic (exact) mass is 327 g/mol. The number of alkyl halides is 3. The van der Waals surface area contributed by atoms with Gasteiger partial charge in [-0.3, -0.25) is 14.6 Å². The van der Waals surface area contributed by atoms with E-state index in [0.29, 0.717) is 18.5 Å². The van der Waals surface area contributed by atoms with Gasteiger partial charge in [-0.25, -0.2) is 0 Å². The Bertz CT molecular complexity index is 718. The van der Waals surface area contributed by atoms with Crippen LogP contribution in [0.1, 0.15) is 46.3 Å². The minimum Gasteiger partial charge on any atom is -0.342 e. The normalized spacial score (nSPS) is 17.8. The van der Waals surface area contributed by atoms with Crippen LogP contribution in [0, 0.1) is 6.92 Å². The summed E-state index contributed by atoms with van der Waals surface area (Å²) in [5.74, 6) is -0.363. The van der Waals surface area contributed by atoms with Crippen LogP contribution in [-0.2, 0) is 13.0 Å². The predicted octanol–water partition coefficient (Wildman–Crippen LogP) is 2.28. The molecule has 0 radical (unpaired) electrons. The van der Waals surface area contributed by atoms with Crippen LogP contribution in [0.15, 0.2) is 12.3 Å². The number of halogens is 3. The van der Waals surface area contributed by atoms with Gasteiger partial charge in [-0.05, 0) is 37.8 Å². The van der Waals surface area contributed by atoms with Crippen molar-refractivity contribution in [2.24, 2.45) is 0 Å². The molecule has 0 aromatic carbocycles. The van der Waals surface area contributed by atoms with Crippen LogP contribution >= 0.6 is 0 Å². The number of hydrogen-bond donors (Lipinski definition) is 2. The number of nitrogens with zero attached hydrogens (tertiary/aromatic N) is 3. The molecule has 1 aliphatic rings. The molecule has 0 saturated heterocycles. The molecule has 9 heteroatoms. The molecule has 3 rings (SSSR count). The number of nitrogens with one attached hydrogen (secondary N) is 2. The van der Waals surface area contributed by atoms with Gasteiger partial charge in [-0.1, -0.05) is 0 Å². The molecule has 1 aliphatic carbocycles. The Balaban J connectivity index is 1.77. The van der Waals surface area contributed by atoms with Crippen molar-refractivity contribution < 1.29 is 18.0 Å². The first-order valence-electron chi connectivity index (χ1n) is 7.28. The van der Waals surface area contributed by atoms with Crippen LogP contribution in [0.3, 0.4) is 0 Å². The quantitative estimate of drug-likeness (QED) is 0.908. The van der Waals surface area contributed by atoms with Gasteiger partial charge in [0, 0.05) is 11.9 Å². The number of aromatic amines is 1. The van der Waals surface area contributed by atoms with Gasteiger partial charge in [0.2, 0.25) is 0 Å². The lowest BCUT2D eigenvalue weighted by atomic mass is 9.93. The lowest BCUT2D eigenvalue weighted by Gasteiger charge is -2.21. The van der Waals surface area contributed by atoms with Crippen molar-refractivity contribution >= 4 is 5.91 Å². The van der Waals surface area contributed by atoms with Crippen molar-refractivity contribution in [1.29, 1.82) is 0 Å². The van der Waals surface area contributed by atoms with E-state index < -0.39 is 18.8 Å². The average molecular weight is 327 g/mol. The molecule has 23 heavy (non-hydrogen) atoms. The fourth-order valence-corrected chi connectivity index (χ4v) is 2.77. The van der Waals surface area contributed by atoms with Crippen molar-refractivity contribution in [3.05, 3.63) is 34.9 Å². The van der Waals surface area contributed by atoms with Gasteiger partial charge in [-0.15, -0.1) is 0 Å². The van der Waals surface area contributed by atoms with Crippen LogP contribution < -0.4 is 5.32 Å². The second kappa shape index (κ2) is 5.71. The summed E-state index contributed by atoms with van der Waals surface area (Å²) in [5.41, 5.74) is 2.28. The van der Waals surface area contributed by atoms with Gasteiger partial charge in [0.1, 0.15) is 12.2 Å². The SMILES string of the molecule is Cc1cc(C(=O)N[C@@H]2CCCc3cn(CC(F)(F)F)nc32)n[nH]1. The van der Waals surface area contributed by atoms with Gasteiger partial charge < -0.3 is 5.32 Å². The van der Waals surface area contributed by atoms with Gasteiger partial charge >= 0.3 is 6.18 Å². The van der Waals surface area contributed by atoms with Crippen LogP contribution in [0.25, 0.3) is 0 Å². The molecule has 0 spiro atoms. The molecule has 0 saturated carbocycles. The molecule has 0 aliphatic heterocycles. The summed E-state index contributed by atoms with van der Waals surface area (Å²) in [7, 11) is 0. The van der Waals surface area contributed by atoms with Crippen LogP contribution in [0.5, 0.6) is 0 Å². The second-order valence-corrected chi connectivity index (χ2v) is 5.71. The minimum absolute atomic E-state index is 0.254. The van der Waals surface area contributed by atoms with Crippen molar-refractivity contribution in [2.75, 3.05) is 0 Å². The summed E-state index contributed by atoms with van der Waals surface area (Å²) in [4.78, 5) is 12.2. The minimum atomic E-state index is -4.32. The Kier molecular flexibility index (Phi) is 3.87. The lowest BCUT2D eigenvalue weighted by Crippen LogP contribution is -2.31. The Hall–Kier alpha value is -2.32. The topological polar surface area (TPSA) is 75.6 Å². The van der Waals surface area contributed by atoms with E-state index in [1.54, 1.807) is 13.0 Å². The summed E-state index contributed by atoms with van der Waals surface area (Å²) in [6.07, 6.45) is -0.804.